The van der Waals surface area contributed by atoms with E-state index in [0.717, 1.165) is 11.4 Å². The Kier molecular flexibility index (Phi) is 2.93. The van der Waals surface area contributed by atoms with Crippen LogP contribution in [0.3, 0.4) is 0 Å². The molecule has 0 aliphatic heterocycles. The molecule has 0 aliphatic rings. The first kappa shape index (κ1) is 10.3. The third kappa shape index (κ3) is 2.23. The molecule has 0 saturated carbocycles. The summed E-state index contributed by atoms with van der Waals surface area (Å²) in [6, 6.07) is 13.4. The zero-order valence-corrected chi connectivity index (χ0v) is 8.97. The Bertz CT molecular complexity index is 480. The summed E-state index contributed by atoms with van der Waals surface area (Å²) in [7, 11) is 0. The largest absolute Gasteiger partial charge is 0.467 e. The molecule has 0 bridgehead atoms. The normalized spacial score (nSPS) is 11.8. The van der Waals surface area contributed by atoms with Gasteiger partial charge in [0, 0.05) is 5.69 Å². The van der Waals surface area contributed by atoms with E-state index >= 15 is 0 Å². The molecule has 2 rings (SSSR count). The van der Waals surface area contributed by atoms with E-state index in [1.165, 1.54) is 0 Å². The third-order valence-corrected chi connectivity index (χ3v) is 2.37. The van der Waals surface area contributed by atoms with Crippen LogP contribution in [0, 0.1) is 11.3 Å². The van der Waals surface area contributed by atoms with Crippen molar-refractivity contribution in [2.45, 2.75) is 13.0 Å². The maximum Gasteiger partial charge on any atom is 0.125 e. The summed E-state index contributed by atoms with van der Waals surface area (Å²) in [4.78, 5) is 0. The van der Waals surface area contributed by atoms with Gasteiger partial charge in [-0.1, -0.05) is 0 Å². The first-order valence-electron chi connectivity index (χ1n) is 5.09. The second-order valence-electron chi connectivity index (χ2n) is 3.57. The SMILES string of the molecule is CC(Nc1ccc(C#N)cc1)c1ccco1. The van der Waals surface area contributed by atoms with Crippen LogP contribution in [0.2, 0.25) is 0 Å². The van der Waals surface area contributed by atoms with E-state index in [4.69, 9.17) is 9.68 Å². The number of rotatable bonds is 3. The molecule has 0 radical (unpaired) electrons. The summed E-state index contributed by atoms with van der Waals surface area (Å²) in [5.41, 5.74) is 1.64. The summed E-state index contributed by atoms with van der Waals surface area (Å²) in [6.45, 7) is 2.02. The highest BCUT2D eigenvalue weighted by molar-refractivity contribution is 5.48. The average molecular weight is 212 g/mol. The van der Waals surface area contributed by atoms with Crippen LogP contribution in [0.4, 0.5) is 5.69 Å². The standard InChI is InChI=1S/C13H12N2O/c1-10(13-3-2-8-16-13)15-12-6-4-11(9-14)5-7-12/h2-8,10,15H,1H3. The maximum atomic E-state index is 8.68. The van der Waals surface area contributed by atoms with E-state index in [0.29, 0.717) is 5.56 Å². The molecule has 0 spiro atoms. The van der Waals surface area contributed by atoms with Crippen molar-refractivity contribution in [3.8, 4) is 6.07 Å². The van der Waals surface area contributed by atoms with Crippen molar-refractivity contribution in [2.75, 3.05) is 5.32 Å². The van der Waals surface area contributed by atoms with Crippen molar-refractivity contribution in [1.82, 2.24) is 0 Å². The van der Waals surface area contributed by atoms with Crippen LogP contribution in [0.15, 0.2) is 47.1 Å². The fourth-order valence-corrected chi connectivity index (χ4v) is 1.50. The van der Waals surface area contributed by atoms with E-state index in [-0.39, 0.29) is 6.04 Å². The molecule has 1 unspecified atom stereocenters. The van der Waals surface area contributed by atoms with Gasteiger partial charge in [0.05, 0.1) is 23.9 Å². The molecule has 1 N–H and O–H groups in total. The zero-order chi connectivity index (χ0) is 11.4. The van der Waals surface area contributed by atoms with Gasteiger partial charge in [0.25, 0.3) is 0 Å². The van der Waals surface area contributed by atoms with Crippen molar-refractivity contribution in [2.24, 2.45) is 0 Å². The molecule has 0 saturated heterocycles. The van der Waals surface area contributed by atoms with Crippen LogP contribution in [0.1, 0.15) is 24.3 Å². The van der Waals surface area contributed by atoms with Crippen LogP contribution < -0.4 is 5.32 Å². The maximum absolute atomic E-state index is 8.68. The molecule has 0 aliphatic carbocycles. The van der Waals surface area contributed by atoms with Gasteiger partial charge in [0.1, 0.15) is 5.76 Å². The minimum absolute atomic E-state index is 0.114. The van der Waals surface area contributed by atoms with E-state index in [1.807, 2.05) is 31.2 Å². The van der Waals surface area contributed by atoms with E-state index in [1.54, 1.807) is 18.4 Å². The van der Waals surface area contributed by atoms with Crippen LogP contribution in [0.25, 0.3) is 0 Å². The number of hydrogen-bond acceptors (Lipinski definition) is 3. The van der Waals surface area contributed by atoms with Gasteiger partial charge >= 0.3 is 0 Å². The van der Waals surface area contributed by atoms with Crippen molar-refractivity contribution >= 4 is 5.69 Å². The highest BCUT2D eigenvalue weighted by atomic mass is 16.3. The van der Waals surface area contributed by atoms with Gasteiger partial charge < -0.3 is 9.73 Å². The Morgan fingerprint density at radius 1 is 1.25 bits per heavy atom. The molecule has 1 atom stereocenters. The second kappa shape index (κ2) is 4.54. The smallest absolute Gasteiger partial charge is 0.125 e. The van der Waals surface area contributed by atoms with Crippen molar-refractivity contribution in [3.05, 3.63) is 54.0 Å². The first-order valence-corrected chi connectivity index (χ1v) is 5.09. The predicted octanol–water partition coefficient (Wildman–Crippen LogP) is 3.32. The summed E-state index contributed by atoms with van der Waals surface area (Å²) in [5, 5.41) is 12.0. The number of nitrogens with one attached hydrogen (secondary N) is 1. The van der Waals surface area contributed by atoms with Gasteiger partial charge in [0.2, 0.25) is 0 Å². The van der Waals surface area contributed by atoms with Gasteiger partial charge in [-0.25, -0.2) is 0 Å². The molecule has 0 amide bonds. The van der Waals surface area contributed by atoms with Gasteiger partial charge in [-0.3, -0.25) is 0 Å². The van der Waals surface area contributed by atoms with Gasteiger partial charge in [-0.15, -0.1) is 0 Å². The fourth-order valence-electron chi connectivity index (χ4n) is 1.50. The summed E-state index contributed by atoms with van der Waals surface area (Å²) in [5.74, 6) is 0.893. The molecular formula is C13H12N2O. The topological polar surface area (TPSA) is 49.0 Å². The lowest BCUT2D eigenvalue weighted by atomic mass is 10.2. The fraction of sp³-hybridized carbons (Fsp3) is 0.154. The zero-order valence-electron chi connectivity index (χ0n) is 8.97. The molecule has 80 valence electrons. The molecule has 1 aromatic heterocycles. The number of benzene rings is 1. The Hall–Kier alpha value is -2.21. The van der Waals surface area contributed by atoms with Crippen LogP contribution in [-0.4, -0.2) is 0 Å². The Morgan fingerprint density at radius 2 is 2.00 bits per heavy atom. The Labute approximate surface area is 94.3 Å². The van der Waals surface area contributed by atoms with Crippen molar-refractivity contribution in [3.63, 3.8) is 0 Å². The third-order valence-electron chi connectivity index (χ3n) is 2.37. The number of hydrogen-bond donors (Lipinski definition) is 1. The van der Waals surface area contributed by atoms with Gasteiger partial charge in [-0.2, -0.15) is 5.26 Å². The average Bonchev–Trinajstić information content (AvgIpc) is 2.83. The lowest BCUT2D eigenvalue weighted by molar-refractivity contribution is 0.490. The number of nitrogens with zero attached hydrogens (tertiary/aromatic N) is 1. The number of furan rings is 1. The molecule has 3 nitrogen and oxygen atoms in total. The van der Waals surface area contributed by atoms with Gasteiger partial charge in [-0.05, 0) is 43.3 Å². The predicted molar refractivity (Wildman–Crippen MR) is 61.9 cm³/mol. The highest BCUT2D eigenvalue weighted by Crippen LogP contribution is 2.19. The number of anilines is 1. The lowest BCUT2D eigenvalue weighted by Crippen LogP contribution is -2.05. The molecule has 16 heavy (non-hydrogen) atoms. The highest BCUT2D eigenvalue weighted by Gasteiger charge is 2.07. The first-order chi connectivity index (χ1) is 7.79. The monoisotopic (exact) mass is 212 g/mol. The van der Waals surface area contributed by atoms with Crippen LogP contribution in [0.5, 0.6) is 0 Å². The number of nitriles is 1. The minimum Gasteiger partial charge on any atom is -0.467 e. The molecule has 2 aromatic rings. The summed E-state index contributed by atoms with van der Waals surface area (Å²) in [6.07, 6.45) is 1.66. The van der Waals surface area contributed by atoms with Crippen molar-refractivity contribution < 1.29 is 4.42 Å². The van der Waals surface area contributed by atoms with E-state index in [9.17, 15) is 0 Å². The minimum atomic E-state index is 0.114. The van der Waals surface area contributed by atoms with Crippen LogP contribution in [-0.2, 0) is 0 Å². The lowest BCUT2D eigenvalue weighted by Gasteiger charge is -2.12. The second-order valence-corrected chi connectivity index (χ2v) is 3.57. The molecule has 1 heterocycles. The van der Waals surface area contributed by atoms with Gasteiger partial charge in [0.15, 0.2) is 0 Å². The Balaban J connectivity index is 2.07. The molecule has 0 fully saturated rings. The van der Waals surface area contributed by atoms with Crippen molar-refractivity contribution in [1.29, 1.82) is 5.26 Å². The quantitative estimate of drug-likeness (QED) is 0.848. The summed E-state index contributed by atoms with van der Waals surface area (Å²) >= 11 is 0. The molecule has 3 heteroatoms. The van der Waals surface area contributed by atoms with E-state index in [2.05, 4.69) is 11.4 Å². The van der Waals surface area contributed by atoms with Crippen LogP contribution >= 0.6 is 0 Å². The molecular weight excluding hydrogens is 200 g/mol. The summed E-state index contributed by atoms with van der Waals surface area (Å²) < 4.78 is 5.30. The van der Waals surface area contributed by atoms with E-state index < -0.39 is 0 Å². The molecule has 1 aromatic carbocycles. The Morgan fingerprint density at radius 3 is 2.56 bits per heavy atom.